The van der Waals surface area contributed by atoms with Gasteiger partial charge in [-0.25, -0.2) is 4.39 Å². The Labute approximate surface area is 125 Å². The predicted octanol–water partition coefficient (Wildman–Crippen LogP) is 4.27. The first-order chi connectivity index (χ1) is 10.0. The smallest absolute Gasteiger partial charge is 0.315 e. The molecule has 7 heteroatoms. The summed E-state index contributed by atoms with van der Waals surface area (Å²) in [5.74, 6) is -0.347. The standard InChI is InChI=1S/C14H11ClFNO4/c1-20-10-3-5-14(12(7-10)17(18)19)21-13-4-2-9(8-15)6-11(13)16/h2-7H,8H2,1H3. The molecule has 21 heavy (non-hydrogen) atoms. The van der Waals surface area contributed by atoms with Gasteiger partial charge in [0.05, 0.1) is 18.1 Å². The first kappa shape index (κ1) is 15.1. The third kappa shape index (κ3) is 3.41. The summed E-state index contributed by atoms with van der Waals surface area (Å²) in [5, 5.41) is 11.0. The van der Waals surface area contributed by atoms with Crippen LogP contribution in [-0.4, -0.2) is 12.0 Å². The van der Waals surface area contributed by atoms with Crippen molar-refractivity contribution in [3.63, 3.8) is 0 Å². The first-order valence-corrected chi connectivity index (χ1v) is 6.43. The normalized spacial score (nSPS) is 10.2. The summed E-state index contributed by atoms with van der Waals surface area (Å²) in [6.07, 6.45) is 0. The van der Waals surface area contributed by atoms with Crippen molar-refractivity contribution >= 4 is 17.3 Å². The highest BCUT2D eigenvalue weighted by Crippen LogP contribution is 2.35. The Bertz CT molecular complexity index is 678. The van der Waals surface area contributed by atoms with Gasteiger partial charge in [0.2, 0.25) is 5.75 Å². The van der Waals surface area contributed by atoms with Crippen LogP contribution in [0.3, 0.4) is 0 Å². The molecule has 0 aliphatic carbocycles. The van der Waals surface area contributed by atoms with Crippen LogP contribution in [0.4, 0.5) is 10.1 Å². The first-order valence-electron chi connectivity index (χ1n) is 5.90. The van der Waals surface area contributed by atoms with E-state index in [-0.39, 0.29) is 23.1 Å². The molecule has 0 spiro atoms. The van der Waals surface area contributed by atoms with E-state index in [2.05, 4.69) is 0 Å². The van der Waals surface area contributed by atoms with Crippen LogP contribution < -0.4 is 9.47 Å². The van der Waals surface area contributed by atoms with E-state index in [1.54, 1.807) is 6.07 Å². The van der Waals surface area contributed by atoms with Crippen molar-refractivity contribution in [1.29, 1.82) is 0 Å². The van der Waals surface area contributed by atoms with Crippen molar-refractivity contribution in [2.45, 2.75) is 5.88 Å². The molecule has 0 saturated carbocycles. The molecule has 5 nitrogen and oxygen atoms in total. The SMILES string of the molecule is COc1ccc(Oc2ccc(CCl)cc2F)c([N+](=O)[O-])c1. The molecule has 0 aromatic heterocycles. The number of hydrogen-bond donors (Lipinski definition) is 0. The second-order valence-corrected chi connectivity index (χ2v) is 4.36. The van der Waals surface area contributed by atoms with Crippen LogP contribution in [0.5, 0.6) is 17.2 Å². The molecule has 0 bridgehead atoms. The minimum Gasteiger partial charge on any atom is -0.496 e. The van der Waals surface area contributed by atoms with Crippen LogP contribution >= 0.6 is 11.6 Å². The fraction of sp³-hybridized carbons (Fsp3) is 0.143. The van der Waals surface area contributed by atoms with E-state index in [0.29, 0.717) is 11.3 Å². The van der Waals surface area contributed by atoms with Crippen LogP contribution in [-0.2, 0) is 5.88 Å². The maximum absolute atomic E-state index is 13.8. The molecular formula is C14H11ClFNO4. The van der Waals surface area contributed by atoms with Gasteiger partial charge in [-0.2, -0.15) is 0 Å². The number of benzene rings is 2. The maximum atomic E-state index is 13.8. The predicted molar refractivity (Wildman–Crippen MR) is 75.7 cm³/mol. The van der Waals surface area contributed by atoms with E-state index in [4.69, 9.17) is 21.1 Å². The molecular weight excluding hydrogens is 301 g/mol. The maximum Gasteiger partial charge on any atom is 0.315 e. The van der Waals surface area contributed by atoms with Crippen molar-refractivity contribution in [1.82, 2.24) is 0 Å². The molecule has 0 N–H and O–H groups in total. The van der Waals surface area contributed by atoms with E-state index < -0.39 is 10.7 Å². The van der Waals surface area contributed by atoms with Crippen LogP contribution in [0, 0.1) is 15.9 Å². The molecule has 2 aromatic rings. The lowest BCUT2D eigenvalue weighted by atomic mass is 10.2. The molecule has 0 unspecified atom stereocenters. The van der Waals surface area contributed by atoms with Crippen molar-refractivity contribution in [3.05, 3.63) is 57.9 Å². The zero-order valence-electron chi connectivity index (χ0n) is 11.0. The summed E-state index contributed by atoms with van der Waals surface area (Å²) in [5.41, 5.74) is 0.279. The van der Waals surface area contributed by atoms with Gasteiger partial charge in [-0.1, -0.05) is 6.07 Å². The summed E-state index contributed by atoms with van der Waals surface area (Å²) < 4.78 is 24.0. The molecule has 0 heterocycles. The largest absolute Gasteiger partial charge is 0.496 e. The highest BCUT2D eigenvalue weighted by atomic mass is 35.5. The zero-order valence-corrected chi connectivity index (χ0v) is 11.8. The third-order valence-electron chi connectivity index (χ3n) is 2.73. The Morgan fingerprint density at radius 3 is 2.52 bits per heavy atom. The van der Waals surface area contributed by atoms with Crippen molar-refractivity contribution in [2.75, 3.05) is 7.11 Å². The number of rotatable bonds is 5. The van der Waals surface area contributed by atoms with Crippen molar-refractivity contribution in [2.24, 2.45) is 0 Å². The van der Waals surface area contributed by atoms with E-state index in [9.17, 15) is 14.5 Å². The molecule has 0 saturated heterocycles. The molecule has 2 aromatic carbocycles. The van der Waals surface area contributed by atoms with Gasteiger partial charge >= 0.3 is 5.69 Å². The second-order valence-electron chi connectivity index (χ2n) is 4.09. The van der Waals surface area contributed by atoms with Gasteiger partial charge in [0.15, 0.2) is 11.6 Å². The number of methoxy groups -OCH3 is 1. The van der Waals surface area contributed by atoms with Gasteiger partial charge in [0, 0.05) is 5.88 Å². The Kier molecular flexibility index (Phi) is 4.59. The molecule has 0 fully saturated rings. The van der Waals surface area contributed by atoms with E-state index in [1.165, 1.54) is 37.4 Å². The van der Waals surface area contributed by atoms with Gasteiger partial charge in [-0.3, -0.25) is 10.1 Å². The van der Waals surface area contributed by atoms with Gasteiger partial charge in [-0.05, 0) is 29.8 Å². The van der Waals surface area contributed by atoms with Gasteiger partial charge in [0.25, 0.3) is 0 Å². The summed E-state index contributed by atoms with van der Waals surface area (Å²) in [7, 11) is 1.39. The highest BCUT2D eigenvalue weighted by Gasteiger charge is 2.18. The molecule has 0 aliphatic rings. The number of hydrogen-bond acceptors (Lipinski definition) is 4. The number of nitro groups is 1. The van der Waals surface area contributed by atoms with Crippen molar-refractivity contribution in [3.8, 4) is 17.2 Å². The minimum absolute atomic E-state index is 0.0710. The Morgan fingerprint density at radius 1 is 1.24 bits per heavy atom. The van der Waals surface area contributed by atoms with Gasteiger partial charge < -0.3 is 9.47 Å². The van der Waals surface area contributed by atoms with Crippen LogP contribution in [0.2, 0.25) is 0 Å². The highest BCUT2D eigenvalue weighted by molar-refractivity contribution is 6.17. The number of nitro benzene ring substituents is 1. The average Bonchev–Trinajstić information content (AvgIpc) is 2.49. The number of alkyl halides is 1. The van der Waals surface area contributed by atoms with Crippen LogP contribution in [0.15, 0.2) is 36.4 Å². The lowest BCUT2D eigenvalue weighted by Crippen LogP contribution is -1.96. The van der Waals surface area contributed by atoms with Gasteiger partial charge in [-0.15, -0.1) is 11.6 Å². The Hall–Kier alpha value is -2.34. The Balaban J connectivity index is 2.37. The average molecular weight is 312 g/mol. The lowest BCUT2D eigenvalue weighted by Gasteiger charge is -2.09. The summed E-state index contributed by atoms with van der Waals surface area (Å²) in [6.45, 7) is 0. The van der Waals surface area contributed by atoms with Crippen LogP contribution in [0.25, 0.3) is 0 Å². The van der Waals surface area contributed by atoms with E-state index in [1.807, 2.05) is 0 Å². The van der Waals surface area contributed by atoms with Crippen LogP contribution in [0.1, 0.15) is 5.56 Å². The molecule has 0 radical (unpaired) electrons. The fourth-order valence-corrected chi connectivity index (χ4v) is 1.85. The van der Waals surface area contributed by atoms with Crippen molar-refractivity contribution < 1.29 is 18.8 Å². The second kappa shape index (κ2) is 6.41. The summed E-state index contributed by atoms with van der Waals surface area (Å²) in [4.78, 5) is 10.4. The molecule has 2 rings (SSSR count). The summed E-state index contributed by atoms with van der Waals surface area (Å²) in [6, 6.07) is 8.24. The van der Waals surface area contributed by atoms with E-state index in [0.717, 1.165) is 0 Å². The lowest BCUT2D eigenvalue weighted by molar-refractivity contribution is -0.385. The third-order valence-corrected chi connectivity index (χ3v) is 3.04. The van der Waals surface area contributed by atoms with E-state index >= 15 is 0 Å². The molecule has 0 amide bonds. The fourth-order valence-electron chi connectivity index (χ4n) is 1.68. The summed E-state index contributed by atoms with van der Waals surface area (Å²) >= 11 is 5.60. The zero-order chi connectivity index (χ0) is 15.4. The Morgan fingerprint density at radius 2 is 1.95 bits per heavy atom. The minimum atomic E-state index is -0.640. The molecule has 0 atom stereocenters. The number of ether oxygens (including phenoxy) is 2. The van der Waals surface area contributed by atoms with Gasteiger partial charge in [0.1, 0.15) is 5.75 Å². The topological polar surface area (TPSA) is 61.6 Å². The molecule has 110 valence electrons. The monoisotopic (exact) mass is 311 g/mol. The number of nitrogens with zero attached hydrogens (tertiary/aromatic N) is 1. The molecule has 0 aliphatic heterocycles. The quantitative estimate of drug-likeness (QED) is 0.470. The number of halogens is 2.